The van der Waals surface area contributed by atoms with Gasteiger partial charge in [0.1, 0.15) is 0 Å². The maximum atomic E-state index is 5.34. The van der Waals surface area contributed by atoms with E-state index in [1.54, 1.807) is 11.8 Å². The van der Waals surface area contributed by atoms with E-state index in [0.717, 1.165) is 38.9 Å². The lowest BCUT2D eigenvalue weighted by Crippen LogP contribution is -2.06. The molecule has 0 spiro atoms. The lowest BCUT2D eigenvalue weighted by Gasteiger charge is -2.20. The largest absolute Gasteiger partial charge is 0.309 e. The Morgan fingerprint density at radius 3 is 1.81 bits per heavy atom. The van der Waals surface area contributed by atoms with Crippen LogP contribution in [0.3, 0.4) is 0 Å². The van der Waals surface area contributed by atoms with Gasteiger partial charge in [-0.15, -0.1) is 0 Å². The van der Waals surface area contributed by atoms with E-state index in [-0.39, 0.29) is 0 Å². The number of benzene rings is 6. The van der Waals surface area contributed by atoms with Crippen molar-refractivity contribution in [3.63, 3.8) is 0 Å². The molecule has 1 aliphatic rings. The molecule has 0 fully saturated rings. The van der Waals surface area contributed by atoms with Crippen LogP contribution in [0, 0.1) is 0 Å². The van der Waals surface area contributed by atoms with Crippen molar-refractivity contribution in [2.24, 2.45) is 0 Å². The summed E-state index contributed by atoms with van der Waals surface area (Å²) in [5.74, 6) is 0.687. The summed E-state index contributed by atoms with van der Waals surface area (Å²) in [6.45, 7) is 0. The van der Waals surface area contributed by atoms with Crippen molar-refractivity contribution < 1.29 is 0 Å². The van der Waals surface area contributed by atoms with Gasteiger partial charge in [-0.3, -0.25) is 4.57 Å². The van der Waals surface area contributed by atoms with Crippen LogP contribution in [0.25, 0.3) is 77.4 Å². The quantitative estimate of drug-likeness (QED) is 0.209. The monoisotopic (exact) mass is 566 g/mol. The van der Waals surface area contributed by atoms with Crippen LogP contribution in [0.1, 0.15) is 0 Å². The number of hydrogen-bond acceptors (Lipinski definition) is 3. The van der Waals surface area contributed by atoms with Gasteiger partial charge in [-0.1, -0.05) is 96.7 Å². The molecule has 3 aromatic heterocycles. The average molecular weight is 567 g/mol. The average Bonchev–Trinajstić information content (AvgIpc) is 3.57. The van der Waals surface area contributed by atoms with Crippen molar-refractivity contribution in [2.45, 2.75) is 9.79 Å². The zero-order chi connectivity index (χ0) is 28.1. The fourth-order valence-corrected chi connectivity index (χ4v) is 8.01. The number of rotatable bonds is 2. The number of fused-ring (bicyclic) bond motifs is 8. The number of nitrogens with zero attached hydrogens (tertiary/aromatic N) is 4. The summed E-state index contributed by atoms with van der Waals surface area (Å²) in [6.07, 6.45) is 0. The smallest absolute Gasteiger partial charge is 0.235 e. The van der Waals surface area contributed by atoms with Gasteiger partial charge in [0, 0.05) is 48.0 Å². The first kappa shape index (κ1) is 23.2. The Kier molecular flexibility index (Phi) is 4.62. The lowest BCUT2D eigenvalue weighted by molar-refractivity contribution is 1.01. The number of aromatic nitrogens is 4. The van der Waals surface area contributed by atoms with Crippen LogP contribution in [0.5, 0.6) is 0 Å². The molecule has 9 aromatic rings. The van der Waals surface area contributed by atoms with E-state index >= 15 is 0 Å². The third-order valence-electron chi connectivity index (χ3n) is 8.73. The molecule has 0 aliphatic carbocycles. The van der Waals surface area contributed by atoms with Crippen molar-refractivity contribution in [2.75, 3.05) is 0 Å². The molecule has 1 aliphatic heterocycles. The van der Waals surface area contributed by atoms with Crippen LogP contribution < -0.4 is 0 Å². The summed E-state index contributed by atoms with van der Waals surface area (Å²) in [5, 5.41) is 6.00. The van der Waals surface area contributed by atoms with Crippen molar-refractivity contribution >= 4 is 66.3 Å². The lowest BCUT2D eigenvalue weighted by atomic mass is 10.1. The summed E-state index contributed by atoms with van der Waals surface area (Å²) in [6, 6.07) is 47.6. The van der Waals surface area contributed by atoms with Crippen LogP contribution >= 0.6 is 11.8 Å². The van der Waals surface area contributed by atoms with Gasteiger partial charge in [0.05, 0.1) is 33.3 Å². The summed E-state index contributed by atoms with van der Waals surface area (Å²) in [7, 11) is 0. The summed E-state index contributed by atoms with van der Waals surface area (Å²) in [5.41, 5.74) is 8.79. The molecule has 0 N–H and O–H groups in total. The maximum Gasteiger partial charge on any atom is 0.235 e. The molecule has 0 saturated heterocycles. The Balaban J connectivity index is 1.31. The second kappa shape index (κ2) is 8.57. The summed E-state index contributed by atoms with van der Waals surface area (Å²) >= 11 is 1.80. The molecular weight excluding hydrogens is 545 g/mol. The second-order valence-corrected chi connectivity index (χ2v) is 12.1. The normalized spacial score (nSPS) is 12.6. The van der Waals surface area contributed by atoms with Gasteiger partial charge >= 0.3 is 0 Å². The third-order valence-corrected chi connectivity index (χ3v) is 9.87. The minimum atomic E-state index is 0.687. The van der Waals surface area contributed by atoms with Gasteiger partial charge < -0.3 is 4.57 Å². The van der Waals surface area contributed by atoms with Crippen LogP contribution in [0.2, 0.25) is 0 Å². The van der Waals surface area contributed by atoms with E-state index in [0.29, 0.717) is 5.95 Å². The summed E-state index contributed by atoms with van der Waals surface area (Å²) in [4.78, 5) is 13.0. The molecule has 10 rings (SSSR count). The first-order valence-corrected chi connectivity index (χ1v) is 15.3. The predicted molar refractivity (Wildman–Crippen MR) is 178 cm³/mol. The second-order valence-electron chi connectivity index (χ2n) is 11.0. The topological polar surface area (TPSA) is 35.6 Å². The van der Waals surface area contributed by atoms with Crippen molar-refractivity contribution in [3.8, 4) is 22.9 Å². The van der Waals surface area contributed by atoms with Crippen LogP contribution in [0.15, 0.2) is 143 Å². The Morgan fingerprint density at radius 1 is 0.465 bits per heavy atom. The molecule has 0 atom stereocenters. The van der Waals surface area contributed by atoms with Gasteiger partial charge in [0.25, 0.3) is 0 Å². The summed E-state index contributed by atoms with van der Waals surface area (Å²) < 4.78 is 4.62. The Bertz CT molecular complexity index is 2560. The molecule has 200 valence electrons. The zero-order valence-corrected chi connectivity index (χ0v) is 23.7. The van der Waals surface area contributed by atoms with E-state index in [1.165, 1.54) is 42.4 Å². The maximum absolute atomic E-state index is 5.34. The van der Waals surface area contributed by atoms with Crippen LogP contribution in [-0.4, -0.2) is 19.1 Å². The first-order valence-electron chi connectivity index (χ1n) is 14.4. The van der Waals surface area contributed by atoms with Crippen molar-refractivity contribution in [1.82, 2.24) is 19.1 Å². The molecule has 6 aromatic carbocycles. The fraction of sp³-hybridized carbons (Fsp3) is 0. The highest BCUT2D eigenvalue weighted by Crippen LogP contribution is 2.47. The van der Waals surface area contributed by atoms with E-state index < -0.39 is 0 Å². The highest BCUT2D eigenvalue weighted by molar-refractivity contribution is 7.99. The number of para-hydroxylation sites is 3. The van der Waals surface area contributed by atoms with Gasteiger partial charge in [0.2, 0.25) is 5.95 Å². The number of hydrogen-bond donors (Lipinski definition) is 0. The Hall–Kier alpha value is -5.39. The third kappa shape index (κ3) is 3.17. The zero-order valence-electron chi connectivity index (χ0n) is 22.9. The highest BCUT2D eigenvalue weighted by atomic mass is 32.2. The molecule has 0 amide bonds. The minimum Gasteiger partial charge on any atom is -0.309 e. The molecule has 0 unspecified atom stereocenters. The van der Waals surface area contributed by atoms with E-state index in [4.69, 9.17) is 9.97 Å². The molecule has 43 heavy (non-hydrogen) atoms. The van der Waals surface area contributed by atoms with E-state index in [9.17, 15) is 0 Å². The first-order chi connectivity index (χ1) is 21.3. The van der Waals surface area contributed by atoms with Gasteiger partial charge in [-0.2, -0.15) is 0 Å². The molecule has 0 bridgehead atoms. The van der Waals surface area contributed by atoms with E-state index in [1.807, 2.05) is 0 Å². The molecule has 0 radical (unpaired) electrons. The molecular formula is C38H22N4S. The van der Waals surface area contributed by atoms with Gasteiger partial charge in [0.15, 0.2) is 0 Å². The Morgan fingerprint density at radius 2 is 1.07 bits per heavy atom. The van der Waals surface area contributed by atoms with Gasteiger partial charge in [-0.25, -0.2) is 9.97 Å². The molecule has 4 heterocycles. The molecule has 4 nitrogen and oxygen atoms in total. The SMILES string of the molecule is c1ccc2c(c1)Sc1cccc3nc(-n4c5ccccc5c5ccc(-n6c7ccccc7c7ccccc76)cc54)nc-2c13. The Labute approximate surface area is 250 Å². The molecule has 0 saturated carbocycles. The standard InChI is InChI=1S/C38H22N4S/c1-5-15-30-24(10-1)25-11-2-6-16-31(25)41(30)23-20-21-27-26-12-3-7-17-32(26)42(33(27)22-23)38-39-29-14-9-19-35-36(29)37(40-38)28-13-4-8-18-34(28)43-35/h1-22H. The fourth-order valence-electron chi connectivity index (χ4n) is 6.90. The molecule has 5 heteroatoms. The minimum absolute atomic E-state index is 0.687. The van der Waals surface area contributed by atoms with Crippen molar-refractivity contribution in [3.05, 3.63) is 133 Å². The highest BCUT2D eigenvalue weighted by Gasteiger charge is 2.24. The van der Waals surface area contributed by atoms with E-state index in [2.05, 4.69) is 143 Å². The van der Waals surface area contributed by atoms with Crippen LogP contribution in [-0.2, 0) is 0 Å². The van der Waals surface area contributed by atoms with Gasteiger partial charge in [-0.05, 0) is 48.5 Å². The van der Waals surface area contributed by atoms with Crippen LogP contribution in [0.4, 0.5) is 0 Å². The van der Waals surface area contributed by atoms with Crippen molar-refractivity contribution in [1.29, 1.82) is 0 Å². The predicted octanol–water partition coefficient (Wildman–Crippen LogP) is 9.96.